The van der Waals surface area contributed by atoms with Crippen molar-refractivity contribution in [3.63, 3.8) is 0 Å². The van der Waals surface area contributed by atoms with Gasteiger partial charge in [-0.1, -0.05) is 11.6 Å². The van der Waals surface area contributed by atoms with Gasteiger partial charge in [0.25, 0.3) is 5.56 Å². The Morgan fingerprint density at radius 3 is 2.36 bits per heavy atom. The Morgan fingerprint density at radius 1 is 1.23 bits per heavy atom. The maximum atomic E-state index is 12.8. The summed E-state index contributed by atoms with van der Waals surface area (Å²) in [5.74, 6) is -1.03. The van der Waals surface area contributed by atoms with Crippen LogP contribution >= 0.6 is 11.6 Å². The Labute approximate surface area is 126 Å². The predicted molar refractivity (Wildman–Crippen MR) is 71.9 cm³/mol. The largest absolute Gasteiger partial charge is 0.434 e. The number of rotatable bonds is 2. The van der Waals surface area contributed by atoms with E-state index in [0.717, 1.165) is 30.0 Å². The monoisotopic (exact) mass is 332 g/mol. The molecule has 0 saturated heterocycles. The molecular weight excluding hydrogens is 325 g/mol. The third kappa shape index (κ3) is 3.25. The number of aromatic nitrogens is 3. The van der Waals surface area contributed by atoms with Crippen LogP contribution in [0.4, 0.5) is 24.8 Å². The van der Waals surface area contributed by atoms with E-state index in [2.05, 4.69) is 15.2 Å². The van der Waals surface area contributed by atoms with Gasteiger partial charge in [-0.25, -0.2) is 15.0 Å². The van der Waals surface area contributed by atoms with Gasteiger partial charge in [-0.05, 0) is 18.2 Å². The average molecular weight is 333 g/mol. The van der Waals surface area contributed by atoms with Crippen LogP contribution in [0.15, 0.2) is 29.1 Å². The standard InChI is InChI=1S/C12H8ClF3N4O2/c1-6(21)20(9-4-5-10(22)19-18-9)8-3-2-7(13)11(17-8)12(14,15)16/h2-5H,1H3,(H,19,22). The van der Waals surface area contributed by atoms with E-state index >= 15 is 0 Å². The van der Waals surface area contributed by atoms with Crippen molar-refractivity contribution in [1.82, 2.24) is 15.2 Å². The number of carbonyl (C=O) groups is 1. The topological polar surface area (TPSA) is 79.0 Å². The molecule has 0 aliphatic rings. The molecule has 2 heterocycles. The van der Waals surface area contributed by atoms with Crippen molar-refractivity contribution >= 4 is 29.1 Å². The first-order valence-electron chi connectivity index (χ1n) is 5.80. The number of amides is 1. The van der Waals surface area contributed by atoms with Gasteiger partial charge in [0.15, 0.2) is 11.5 Å². The van der Waals surface area contributed by atoms with E-state index in [1.807, 2.05) is 0 Å². The lowest BCUT2D eigenvalue weighted by Gasteiger charge is -2.20. The molecule has 2 aromatic heterocycles. The number of nitrogens with one attached hydrogen (secondary N) is 1. The van der Waals surface area contributed by atoms with Gasteiger partial charge in [-0.3, -0.25) is 9.59 Å². The zero-order valence-electron chi connectivity index (χ0n) is 11.0. The Morgan fingerprint density at radius 2 is 1.86 bits per heavy atom. The molecular formula is C12H8ClF3N4O2. The minimum atomic E-state index is -4.77. The second kappa shape index (κ2) is 5.76. The molecule has 6 nitrogen and oxygen atoms in total. The number of pyridine rings is 1. The second-order valence-corrected chi connectivity index (χ2v) is 4.54. The van der Waals surface area contributed by atoms with Crippen molar-refractivity contribution in [3.05, 3.63) is 45.3 Å². The van der Waals surface area contributed by atoms with Crippen LogP contribution in [0.5, 0.6) is 0 Å². The Balaban J connectivity index is 2.57. The highest BCUT2D eigenvalue weighted by molar-refractivity contribution is 6.31. The highest BCUT2D eigenvalue weighted by atomic mass is 35.5. The lowest BCUT2D eigenvalue weighted by Crippen LogP contribution is -2.27. The van der Waals surface area contributed by atoms with Crippen LogP contribution < -0.4 is 10.5 Å². The maximum absolute atomic E-state index is 12.8. The van der Waals surface area contributed by atoms with Crippen molar-refractivity contribution in [3.8, 4) is 0 Å². The summed E-state index contributed by atoms with van der Waals surface area (Å²) in [7, 11) is 0. The lowest BCUT2D eigenvalue weighted by atomic mass is 10.3. The predicted octanol–water partition coefficient (Wildman–Crippen LogP) is 2.52. The van der Waals surface area contributed by atoms with Crippen LogP contribution in [0.3, 0.4) is 0 Å². The number of H-pyrrole nitrogens is 1. The number of anilines is 2. The van der Waals surface area contributed by atoms with Gasteiger partial charge in [0.2, 0.25) is 5.91 Å². The van der Waals surface area contributed by atoms with Crippen LogP contribution in [-0.2, 0) is 11.0 Å². The van der Waals surface area contributed by atoms with Gasteiger partial charge in [0.05, 0.1) is 5.02 Å². The minimum absolute atomic E-state index is 0.0740. The first-order chi connectivity index (χ1) is 10.2. The van der Waals surface area contributed by atoms with Crippen LogP contribution in [-0.4, -0.2) is 21.1 Å². The zero-order chi connectivity index (χ0) is 16.5. The Hall–Kier alpha value is -2.42. The molecule has 1 amide bonds. The molecule has 0 aromatic carbocycles. The molecule has 0 unspecified atom stereocenters. The van der Waals surface area contributed by atoms with Gasteiger partial charge < -0.3 is 0 Å². The SMILES string of the molecule is CC(=O)N(c1ccc(=O)[nH]n1)c1ccc(Cl)c(C(F)(F)F)n1. The molecule has 10 heteroatoms. The van der Waals surface area contributed by atoms with Crippen LogP contribution in [0.25, 0.3) is 0 Å². The maximum Gasteiger partial charge on any atom is 0.434 e. The summed E-state index contributed by atoms with van der Waals surface area (Å²) in [6.07, 6.45) is -4.77. The molecule has 0 aliphatic carbocycles. The smallest absolute Gasteiger partial charge is 0.274 e. The molecule has 22 heavy (non-hydrogen) atoms. The van der Waals surface area contributed by atoms with Gasteiger partial charge in [0, 0.05) is 13.0 Å². The number of nitrogens with zero attached hydrogens (tertiary/aromatic N) is 3. The third-order valence-corrected chi connectivity index (χ3v) is 2.84. The van der Waals surface area contributed by atoms with E-state index in [1.165, 1.54) is 6.07 Å². The van der Waals surface area contributed by atoms with E-state index in [9.17, 15) is 22.8 Å². The fourth-order valence-electron chi connectivity index (χ4n) is 1.66. The van der Waals surface area contributed by atoms with E-state index in [1.54, 1.807) is 0 Å². The number of alkyl halides is 3. The van der Waals surface area contributed by atoms with Gasteiger partial charge >= 0.3 is 6.18 Å². The summed E-state index contributed by atoms with van der Waals surface area (Å²) in [5, 5.41) is 5.10. The molecule has 0 saturated carbocycles. The second-order valence-electron chi connectivity index (χ2n) is 4.13. The van der Waals surface area contributed by atoms with Crippen LogP contribution in [0.2, 0.25) is 5.02 Å². The van der Waals surface area contributed by atoms with E-state index in [-0.39, 0.29) is 11.6 Å². The van der Waals surface area contributed by atoms with Crippen molar-refractivity contribution in [2.24, 2.45) is 0 Å². The van der Waals surface area contributed by atoms with Crippen LogP contribution in [0, 0.1) is 0 Å². The summed E-state index contributed by atoms with van der Waals surface area (Å²) in [4.78, 5) is 26.9. The van der Waals surface area contributed by atoms with Gasteiger partial charge in [0.1, 0.15) is 5.82 Å². The summed E-state index contributed by atoms with van der Waals surface area (Å²) in [5.41, 5.74) is -1.84. The van der Waals surface area contributed by atoms with E-state index < -0.39 is 28.4 Å². The highest BCUT2D eigenvalue weighted by Crippen LogP contribution is 2.35. The number of aromatic amines is 1. The van der Waals surface area contributed by atoms with Crippen LogP contribution in [0.1, 0.15) is 12.6 Å². The molecule has 0 spiro atoms. The molecule has 0 aliphatic heterocycles. The average Bonchev–Trinajstić information content (AvgIpc) is 2.41. The Kier molecular flexibility index (Phi) is 4.18. The fourth-order valence-corrected chi connectivity index (χ4v) is 1.87. The highest BCUT2D eigenvalue weighted by Gasteiger charge is 2.36. The first kappa shape index (κ1) is 16.0. The number of hydrogen-bond acceptors (Lipinski definition) is 4. The third-order valence-electron chi connectivity index (χ3n) is 2.54. The normalized spacial score (nSPS) is 11.3. The van der Waals surface area contributed by atoms with Crippen molar-refractivity contribution in [2.75, 3.05) is 4.90 Å². The lowest BCUT2D eigenvalue weighted by molar-refractivity contribution is -0.141. The summed E-state index contributed by atoms with van der Waals surface area (Å²) < 4.78 is 38.5. The first-order valence-corrected chi connectivity index (χ1v) is 6.18. The summed E-state index contributed by atoms with van der Waals surface area (Å²) in [6, 6.07) is 4.39. The zero-order valence-corrected chi connectivity index (χ0v) is 11.7. The molecule has 0 fully saturated rings. The molecule has 2 rings (SSSR count). The number of hydrogen-bond donors (Lipinski definition) is 1. The van der Waals surface area contributed by atoms with Crippen molar-refractivity contribution in [1.29, 1.82) is 0 Å². The molecule has 1 N–H and O–H groups in total. The van der Waals surface area contributed by atoms with Gasteiger partial charge in [-0.2, -0.15) is 18.3 Å². The summed E-state index contributed by atoms with van der Waals surface area (Å²) in [6.45, 7) is 1.12. The number of carbonyl (C=O) groups excluding carboxylic acids is 1. The van der Waals surface area contributed by atoms with Crippen molar-refractivity contribution < 1.29 is 18.0 Å². The molecule has 2 aromatic rings. The quantitative estimate of drug-likeness (QED) is 0.916. The van der Waals surface area contributed by atoms with E-state index in [0.29, 0.717) is 0 Å². The van der Waals surface area contributed by atoms with E-state index in [4.69, 9.17) is 11.6 Å². The molecule has 0 radical (unpaired) electrons. The molecule has 0 atom stereocenters. The molecule has 0 bridgehead atoms. The number of halogens is 4. The van der Waals surface area contributed by atoms with Crippen molar-refractivity contribution in [2.45, 2.75) is 13.1 Å². The summed E-state index contributed by atoms with van der Waals surface area (Å²) >= 11 is 5.48. The van der Waals surface area contributed by atoms with Gasteiger partial charge in [-0.15, -0.1) is 0 Å². The molecule has 116 valence electrons. The Bertz CT molecular complexity index is 755. The minimum Gasteiger partial charge on any atom is -0.274 e. The fraction of sp³-hybridized carbons (Fsp3) is 0.167.